The molecule has 0 aliphatic heterocycles. The number of hydrogen-bond donors (Lipinski definition) is 3. The van der Waals surface area contributed by atoms with Gasteiger partial charge in [0.25, 0.3) is 5.91 Å². The summed E-state index contributed by atoms with van der Waals surface area (Å²) in [5.74, 6) is -1.09. The second kappa shape index (κ2) is 7.22. The second-order valence-electron chi connectivity index (χ2n) is 8.84. The Kier molecular flexibility index (Phi) is 3.94. The van der Waals surface area contributed by atoms with Crippen molar-refractivity contribution in [2.24, 2.45) is 11.3 Å². The van der Waals surface area contributed by atoms with E-state index >= 15 is 0 Å². The zero-order valence-corrected chi connectivity index (χ0v) is 18.1. The lowest BCUT2D eigenvalue weighted by Crippen LogP contribution is -2.23. The lowest BCUT2D eigenvalue weighted by Gasteiger charge is -2.14. The molecule has 1 spiro atoms. The van der Waals surface area contributed by atoms with E-state index in [1.165, 1.54) is 6.07 Å². The van der Waals surface area contributed by atoms with Gasteiger partial charge in [0, 0.05) is 35.5 Å². The topological polar surface area (TPSA) is 143 Å². The minimum Gasteiger partial charge on any atom is -0.354 e. The van der Waals surface area contributed by atoms with Crippen molar-refractivity contribution in [1.29, 1.82) is 0 Å². The van der Waals surface area contributed by atoms with E-state index in [1.807, 2.05) is 5.32 Å². The van der Waals surface area contributed by atoms with Crippen molar-refractivity contribution in [2.75, 3.05) is 23.9 Å². The third kappa shape index (κ3) is 3.92. The Morgan fingerprint density at radius 3 is 2.62 bits per heavy atom. The number of carbonyl (C=O) groups is 2. The third-order valence-corrected chi connectivity index (χ3v) is 7.46. The summed E-state index contributed by atoms with van der Waals surface area (Å²) in [6.45, 7) is -2.78. The normalized spacial score (nSPS) is 22.3. The van der Waals surface area contributed by atoms with Crippen LogP contribution in [0.1, 0.15) is 58.2 Å². The molecule has 32 heavy (non-hydrogen) atoms. The molecule has 5 rings (SSSR count). The number of anilines is 3. The van der Waals surface area contributed by atoms with Gasteiger partial charge in [0.2, 0.25) is 5.91 Å². The quantitative estimate of drug-likeness (QED) is 0.570. The van der Waals surface area contributed by atoms with E-state index in [4.69, 9.17) is 4.11 Å². The van der Waals surface area contributed by atoms with Gasteiger partial charge in [-0.3, -0.25) is 9.59 Å². The summed E-state index contributed by atoms with van der Waals surface area (Å²) < 4.78 is 46.9. The molecule has 10 nitrogen and oxygen atoms in total. The predicted octanol–water partition coefficient (Wildman–Crippen LogP) is 1.99. The first-order valence-corrected chi connectivity index (χ1v) is 12.2. The van der Waals surface area contributed by atoms with Crippen molar-refractivity contribution in [2.45, 2.75) is 42.9 Å². The highest BCUT2D eigenvalue weighted by Crippen LogP contribution is 2.70. The van der Waals surface area contributed by atoms with Crippen LogP contribution in [0, 0.1) is 11.3 Å². The summed E-state index contributed by atoms with van der Waals surface area (Å²) in [5.41, 5.74) is 0.480. The molecule has 3 fully saturated rings. The molecule has 11 heteroatoms. The summed E-state index contributed by atoms with van der Waals surface area (Å²) in [6, 6.07) is 2.85. The van der Waals surface area contributed by atoms with Gasteiger partial charge in [0.05, 0.1) is 5.69 Å². The van der Waals surface area contributed by atoms with Crippen LogP contribution >= 0.6 is 0 Å². The Morgan fingerprint density at radius 1 is 1.22 bits per heavy atom. The zero-order valence-electron chi connectivity index (χ0n) is 20.3. The van der Waals surface area contributed by atoms with Crippen LogP contribution in [0.2, 0.25) is 0 Å². The monoisotopic (exact) mass is 459 g/mol. The molecule has 3 aliphatic carbocycles. The average Bonchev–Trinajstić information content (AvgIpc) is 3.63. The molecular formula is C21H24N6O4S. The molecule has 0 saturated heterocycles. The average molecular weight is 460 g/mol. The molecule has 2 amide bonds. The highest BCUT2D eigenvalue weighted by Gasteiger charge is 2.65. The Bertz CT molecular complexity index is 1340. The van der Waals surface area contributed by atoms with Crippen molar-refractivity contribution < 1.29 is 22.1 Å². The highest BCUT2D eigenvalue weighted by molar-refractivity contribution is 7.90. The van der Waals surface area contributed by atoms with Crippen LogP contribution in [0.3, 0.4) is 0 Å². The number of pyridine rings is 1. The number of nitrogens with zero attached hydrogens (tertiary/aromatic N) is 3. The predicted molar refractivity (Wildman–Crippen MR) is 116 cm³/mol. The third-order valence-electron chi connectivity index (χ3n) is 6.35. The van der Waals surface area contributed by atoms with E-state index < -0.39 is 28.4 Å². The van der Waals surface area contributed by atoms with Gasteiger partial charge >= 0.3 is 0 Å². The number of hydrogen-bond acceptors (Lipinski definition) is 8. The van der Waals surface area contributed by atoms with Gasteiger partial charge in [-0.2, -0.15) is 0 Å². The highest BCUT2D eigenvalue weighted by atomic mass is 32.2. The maximum Gasteiger partial charge on any atom is 0.273 e. The summed E-state index contributed by atoms with van der Waals surface area (Å²) in [5, 5.41) is 15.0. The molecule has 2 heterocycles. The fraction of sp³-hybridized carbons (Fsp3) is 0.476. The molecule has 3 saturated carbocycles. The lowest BCUT2D eigenvalue weighted by atomic mass is 10.2. The van der Waals surface area contributed by atoms with Gasteiger partial charge in [0.1, 0.15) is 10.7 Å². The van der Waals surface area contributed by atoms with Gasteiger partial charge in [-0.05, 0) is 55.1 Å². The zero-order chi connectivity index (χ0) is 25.2. The molecule has 3 N–H and O–H groups in total. The van der Waals surface area contributed by atoms with Crippen LogP contribution in [0.4, 0.5) is 17.3 Å². The largest absolute Gasteiger partial charge is 0.354 e. The lowest BCUT2D eigenvalue weighted by molar-refractivity contribution is -0.117. The molecule has 0 bridgehead atoms. The summed E-state index contributed by atoms with van der Waals surface area (Å²) in [7, 11) is -3.70. The van der Waals surface area contributed by atoms with Crippen LogP contribution < -0.4 is 16.0 Å². The number of carbonyl (C=O) groups excluding carboxylic acids is 2. The molecule has 3 aliphatic rings. The number of amides is 2. The van der Waals surface area contributed by atoms with E-state index in [-0.39, 0.29) is 45.4 Å². The molecular weight excluding hydrogens is 432 g/mol. The first-order valence-electron chi connectivity index (χ1n) is 11.8. The van der Waals surface area contributed by atoms with Crippen molar-refractivity contribution in [3.63, 3.8) is 0 Å². The van der Waals surface area contributed by atoms with Gasteiger partial charge < -0.3 is 16.0 Å². The molecule has 1 atom stereocenters. The van der Waals surface area contributed by atoms with Gasteiger partial charge in [-0.25, -0.2) is 13.4 Å². The Balaban J connectivity index is 1.48. The smallest absolute Gasteiger partial charge is 0.273 e. The van der Waals surface area contributed by atoms with Crippen LogP contribution in [0.25, 0.3) is 0 Å². The first kappa shape index (κ1) is 17.5. The number of aromatic nitrogens is 3. The maximum absolute atomic E-state index is 12.6. The Hall–Kier alpha value is -3.08. The van der Waals surface area contributed by atoms with E-state index in [9.17, 15) is 18.0 Å². The van der Waals surface area contributed by atoms with Crippen LogP contribution in [0.5, 0.6) is 0 Å². The number of nitrogens with one attached hydrogen (secondary N) is 3. The van der Waals surface area contributed by atoms with Crippen LogP contribution in [-0.2, 0) is 14.6 Å². The van der Waals surface area contributed by atoms with E-state index in [2.05, 4.69) is 25.8 Å². The van der Waals surface area contributed by atoms with Gasteiger partial charge in [-0.1, -0.05) is 0 Å². The van der Waals surface area contributed by atoms with Crippen molar-refractivity contribution >= 4 is 39.0 Å². The number of sulfone groups is 1. The molecule has 2 aromatic rings. The molecule has 2 aromatic heterocycles. The van der Waals surface area contributed by atoms with Crippen LogP contribution in [0.15, 0.2) is 23.2 Å². The second-order valence-corrected chi connectivity index (χ2v) is 10.8. The fourth-order valence-electron chi connectivity index (χ4n) is 4.02. The van der Waals surface area contributed by atoms with E-state index in [0.717, 1.165) is 43.9 Å². The van der Waals surface area contributed by atoms with Crippen molar-refractivity contribution in [1.82, 2.24) is 20.5 Å². The van der Waals surface area contributed by atoms with E-state index in [1.54, 1.807) is 12.3 Å². The summed E-state index contributed by atoms with van der Waals surface area (Å²) in [6.07, 6.45) is 7.40. The first-order chi connectivity index (χ1) is 16.3. The summed E-state index contributed by atoms with van der Waals surface area (Å²) in [4.78, 5) is 29.4. The SMILES string of the molecule is [2H]C([2H])([2H])NC(=O)c1nnc(NC(=O)[C@H]2CC23CC3)cc1Nc1ncc(C2CC2)cc1S(C)(=O)=O. The molecule has 0 unspecified atom stereocenters. The number of rotatable bonds is 7. The van der Waals surface area contributed by atoms with Gasteiger partial charge in [-0.15, -0.1) is 10.2 Å². The maximum atomic E-state index is 12.6. The molecule has 0 radical (unpaired) electrons. The fourth-order valence-corrected chi connectivity index (χ4v) is 4.83. The Labute approximate surface area is 189 Å². The van der Waals surface area contributed by atoms with Gasteiger partial charge in [0.15, 0.2) is 21.3 Å². The van der Waals surface area contributed by atoms with E-state index in [0.29, 0.717) is 0 Å². The minimum atomic E-state index is -3.70. The van der Waals surface area contributed by atoms with Crippen LogP contribution in [-0.4, -0.2) is 48.6 Å². The minimum absolute atomic E-state index is 0.0427. The van der Waals surface area contributed by atoms with Crippen molar-refractivity contribution in [3.05, 3.63) is 29.6 Å². The molecule has 0 aromatic carbocycles. The van der Waals surface area contributed by atoms with Crippen molar-refractivity contribution in [3.8, 4) is 0 Å². The standard InChI is InChI=1S/C21H24N6O4S/c1-22-20(29)17-14(8-16(26-27-17)25-19(28)13-9-21(13)5-6-21)24-18-15(32(2,30)31)7-12(10-23-18)11-3-4-11/h7-8,10-11,13H,3-6,9H2,1-2H3,(H,22,29)(H2,23,24,25,26,28)/t13-/m1/s1/i1D3. The Morgan fingerprint density at radius 2 is 2.00 bits per heavy atom. The summed E-state index contributed by atoms with van der Waals surface area (Å²) >= 11 is 0. The molecule has 168 valence electrons.